The van der Waals surface area contributed by atoms with Gasteiger partial charge in [-0.2, -0.15) is 0 Å². The molecular weight excluding hydrogens is 374 g/mol. The topological polar surface area (TPSA) is 46.1 Å². The second-order valence-corrected chi connectivity index (χ2v) is 8.04. The molecule has 4 aromatic rings. The van der Waals surface area contributed by atoms with Crippen LogP contribution in [-0.2, 0) is 11.3 Å². The Labute approximate surface area is 165 Å². The monoisotopic (exact) mass is 391 g/mol. The van der Waals surface area contributed by atoms with E-state index in [9.17, 15) is 4.79 Å². The third kappa shape index (κ3) is 3.97. The van der Waals surface area contributed by atoms with Crippen LogP contribution < -0.4 is 4.90 Å². The maximum absolute atomic E-state index is 13.0. The standard InChI is InChI=1S/C21H17N3OS2/c1-15-4-2-6-18-20(15)23-21(27-18)24(14-16-9-11-22-12-10-16)19(25)8-7-17-5-3-13-26-17/h2-13H,14H2,1H3. The summed E-state index contributed by atoms with van der Waals surface area (Å²) in [5.41, 5.74) is 3.08. The van der Waals surface area contributed by atoms with Gasteiger partial charge in [0.05, 0.1) is 16.8 Å². The van der Waals surface area contributed by atoms with Gasteiger partial charge in [-0.05, 0) is 53.8 Å². The Morgan fingerprint density at radius 2 is 2.00 bits per heavy atom. The van der Waals surface area contributed by atoms with E-state index in [1.807, 2.05) is 60.8 Å². The van der Waals surface area contributed by atoms with Crippen LogP contribution in [0, 0.1) is 6.92 Å². The zero-order valence-electron chi connectivity index (χ0n) is 14.7. The Morgan fingerprint density at radius 3 is 2.74 bits per heavy atom. The maximum Gasteiger partial charge on any atom is 0.253 e. The Hall–Kier alpha value is -2.83. The number of para-hydroxylation sites is 1. The first kappa shape index (κ1) is 17.6. The second-order valence-electron chi connectivity index (χ2n) is 6.05. The van der Waals surface area contributed by atoms with Gasteiger partial charge < -0.3 is 0 Å². The molecule has 0 aliphatic heterocycles. The largest absolute Gasteiger partial charge is 0.280 e. The van der Waals surface area contributed by atoms with Crippen LogP contribution in [0.4, 0.5) is 5.13 Å². The Bertz CT molecular complexity index is 1090. The summed E-state index contributed by atoms with van der Waals surface area (Å²) in [7, 11) is 0. The number of thiophene rings is 1. The van der Waals surface area contributed by atoms with E-state index < -0.39 is 0 Å². The van der Waals surface area contributed by atoms with Crippen molar-refractivity contribution in [3.63, 3.8) is 0 Å². The van der Waals surface area contributed by atoms with E-state index >= 15 is 0 Å². The molecule has 0 saturated carbocycles. The van der Waals surface area contributed by atoms with Gasteiger partial charge in [-0.15, -0.1) is 11.3 Å². The van der Waals surface area contributed by atoms with Gasteiger partial charge in [0.1, 0.15) is 0 Å². The fraction of sp³-hybridized carbons (Fsp3) is 0.0952. The molecule has 3 aromatic heterocycles. The molecule has 0 fully saturated rings. The van der Waals surface area contributed by atoms with Crippen molar-refractivity contribution in [3.05, 3.63) is 82.3 Å². The molecule has 0 spiro atoms. The number of carbonyl (C=O) groups excluding carboxylic acids is 1. The van der Waals surface area contributed by atoms with Crippen LogP contribution in [0.3, 0.4) is 0 Å². The van der Waals surface area contributed by atoms with Gasteiger partial charge in [0.25, 0.3) is 5.91 Å². The van der Waals surface area contributed by atoms with Gasteiger partial charge >= 0.3 is 0 Å². The molecule has 27 heavy (non-hydrogen) atoms. The lowest BCUT2D eigenvalue weighted by Crippen LogP contribution is -2.28. The molecular formula is C21H17N3OS2. The summed E-state index contributed by atoms with van der Waals surface area (Å²) in [5.74, 6) is -0.0862. The van der Waals surface area contributed by atoms with E-state index in [1.54, 1.807) is 34.7 Å². The zero-order valence-corrected chi connectivity index (χ0v) is 16.3. The number of anilines is 1. The smallest absolute Gasteiger partial charge is 0.253 e. The summed E-state index contributed by atoms with van der Waals surface area (Å²) in [6, 6.07) is 13.9. The minimum Gasteiger partial charge on any atom is -0.280 e. The minimum atomic E-state index is -0.0862. The molecule has 0 aliphatic carbocycles. The summed E-state index contributed by atoms with van der Waals surface area (Å²) < 4.78 is 1.08. The van der Waals surface area contributed by atoms with Crippen LogP contribution in [0.1, 0.15) is 16.0 Å². The number of benzene rings is 1. The number of fused-ring (bicyclic) bond motifs is 1. The number of aromatic nitrogens is 2. The molecule has 4 rings (SSSR count). The number of nitrogens with zero attached hydrogens (tertiary/aromatic N) is 3. The van der Waals surface area contributed by atoms with Crippen LogP contribution in [0.15, 0.2) is 66.3 Å². The molecule has 6 heteroatoms. The second kappa shape index (κ2) is 7.82. The van der Waals surface area contributed by atoms with Crippen molar-refractivity contribution in [2.45, 2.75) is 13.5 Å². The first-order chi connectivity index (χ1) is 13.2. The van der Waals surface area contributed by atoms with E-state index in [0.717, 1.165) is 26.2 Å². The zero-order chi connectivity index (χ0) is 18.6. The summed E-state index contributed by atoms with van der Waals surface area (Å²) >= 11 is 3.14. The minimum absolute atomic E-state index is 0.0862. The van der Waals surface area contributed by atoms with Crippen LogP contribution in [0.2, 0.25) is 0 Å². The normalized spacial score (nSPS) is 11.3. The van der Waals surface area contributed by atoms with Crippen molar-refractivity contribution >= 4 is 50.0 Å². The number of carbonyl (C=O) groups is 1. The highest BCUT2D eigenvalue weighted by Crippen LogP contribution is 2.31. The number of amides is 1. The molecule has 0 unspecified atom stereocenters. The number of pyridine rings is 1. The average Bonchev–Trinajstić information content (AvgIpc) is 3.35. The van der Waals surface area contributed by atoms with Crippen molar-refractivity contribution in [2.24, 2.45) is 0 Å². The first-order valence-electron chi connectivity index (χ1n) is 8.49. The SMILES string of the molecule is Cc1cccc2sc(N(Cc3ccncc3)C(=O)C=Cc3cccs3)nc12. The molecule has 4 nitrogen and oxygen atoms in total. The van der Waals surface area contributed by atoms with E-state index in [0.29, 0.717) is 11.7 Å². The third-order valence-corrected chi connectivity index (χ3v) is 6.01. The summed E-state index contributed by atoms with van der Waals surface area (Å²) in [5, 5.41) is 2.70. The molecule has 0 aliphatic rings. The fourth-order valence-corrected chi connectivity index (χ4v) is 4.40. The molecule has 0 radical (unpaired) electrons. The van der Waals surface area contributed by atoms with Crippen molar-refractivity contribution in [1.82, 2.24) is 9.97 Å². The molecule has 1 amide bonds. The first-order valence-corrected chi connectivity index (χ1v) is 10.2. The highest BCUT2D eigenvalue weighted by Gasteiger charge is 2.19. The third-order valence-electron chi connectivity index (χ3n) is 4.13. The molecule has 134 valence electrons. The van der Waals surface area contributed by atoms with Crippen LogP contribution in [-0.4, -0.2) is 15.9 Å². The summed E-state index contributed by atoms with van der Waals surface area (Å²) in [6.07, 6.45) is 6.95. The lowest BCUT2D eigenvalue weighted by atomic mass is 10.2. The van der Waals surface area contributed by atoms with E-state index in [1.165, 1.54) is 11.3 Å². The molecule has 0 atom stereocenters. The summed E-state index contributed by atoms with van der Waals surface area (Å²) in [6.45, 7) is 2.49. The van der Waals surface area contributed by atoms with Gasteiger partial charge in [-0.3, -0.25) is 14.7 Å². The Kier molecular flexibility index (Phi) is 5.09. The van der Waals surface area contributed by atoms with Gasteiger partial charge in [-0.25, -0.2) is 4.98 Å². The van der Waals surface area contributed by atoms with Gasteiger partial charge in [0.2, 0.25) is 0 Å². The molecule has 0 bridgehead atoms. The molecule has 1 aromatic carbocycles. The predicted octanol–water partition coefficient (Wildman–Crippen LogP) is 5.31. The number of hydrogen-bond donors (Lipinski definition) is 0. The lowest BCUT2D eigenvalue weighted by molar-refractivity contribution is -0.114. The number of hydrogen-bond acceptors (Lipinski definition) is 5. The fourth-order valence-electron chi connectivity index (χ4n) is 2.73. The van der Waals surface area contributed by atoms with E-state index in [2.05, 4.69) is 4.98 Å². The van der Waals surface area contributed by atoms with Crippen LogP contribution >= 0.6 is 22.7 Å². The quantitative estimate of drug-likeness (QED) is 0.433. The van der Waals surface area contributed by atoms with Crippen LogP contribution in [0.5, 0.6) is 0 Å². The highest BCUT2D eigenvalue weighted by molar-refractivity contribution is 7.22. The van der Waals surface area contributed by atoms with E-state index in [-0.39, 0.29) is 5.91 Å². The number of rotatable bonds is 5. The summed E-state index contributed by atoms with van der Waals surface area (Å²) in [4.78, 5) is 24.6. The van der Waals surface area contributed by atoms with Crippen molar-refractivity contribution in [1.29, 1.82) is 0 Å². The Balaban J connectivity index is 1.70. The van der Waals surface area contributed by atoms with Gasteiger partial charge in [-0.1, -0.05) is 29.5 Å². The lowest BCUT2D eigenvalue weighted by Gasteiger charge is -2.18. The van der Waals surface area contributed by atoms with Gasteiger partial charge in [0, 0.05) is 23.3 Å². The van der Waals surface area contributed by atoms with Gasteiger partial charge in [0.15, 0.2) is 5.13 Å². The molecule has 0 saturated heterocycles. The average molecular weight is 392 g/mol. The maximum atomic E-state index is 13.0. The van der Waals surface area contributed by atoms with Crippen molar-refractivity contribution < 1.29 is 4.79 Å². The Morgan fingerprint density at radius 1 is 1.15 bits per heavy atom. The predicted molar refractivity (Wildman–Crippen MR) is 113 cm³/mol. The van der Waals surface area contributed by atoms with Crippen molar-refractivity contribution in [2.75, 3.05) is 4.90 Å². The number of aryl methyl sites for hydroxylation is 1. The highest BCUT2D eigenvalue weighted by atomic mass is 32.1. The molecule has 3 heterocycles. The number of thiazole rings is 1. The van der Waals surface area contributed by atoms with E-state index in [4.69, 9.17) is 4.98 Å². The molecule has 0 N–H and O–H groups in total. The van der Waals surface area contributed by atoms with Crippen molar-refractivity contribution in [3.8, 4) is 0 Å². The van der Waals surface area contributed by atoms with Crippen LogP contribution in [0.25, 0.3) is 16.3 Å².